The fourth-order valence-electron chi connectivity index (χ4n) is 2.55. The molecule has 0 bridgehead atoms. The summed E-state index contributed by atoms with van der Waals surface area (Å²) in [6.45, 7) is 3.07. The lowest BCUT2D eigenvalue weighted by molar-refractivity contribution is -0.384. The summed E-state index contributed by atoms with van der Waals surface area (Å²) in [5, 5.41) is 13.5. The zero-order valence-electron chi connectivity index (χ0n) is 14.6. The summed E-state index contributed by atoms with van der Waals surface area (Å²) in [4.78, 5) is 34.8. The second-order valence-corrected chi connectivity index (χ2v) is 5.81. The fourth-order valence-corrected chi connectivity index (χ4v) is 2.55. The molecule has 0 aromatic heterocycles. The minimum absolute atomic E-state index is 0.0664. The molecular formula is C19H20N2O5. The average molecular weight is 356 g/mol. The Morgan fingerprint density at radius 2 is 1.88 bits per heavy atom. The Balaban J connectivity index is 1.98. The van der Waals surface area contributed by atoms with Gasteiger partial charge in [-0.25, -0.2) is 0 Å². The normalized spacial score (nSPS) is 11.5. The van der Waals surface area contributed by atoms with Crippen molar-refractivity contribution >= 4 is 23.3 Å². The van der Waals surface area contributed by atoms with Crippen LogP contribution in [0.2, 0.25) is 0 Å². The summed E-state index contributed by atoms with van der Waals surface area (Å²) in [5.41, 5.74) is 1.38. The van der Waals surface area contributed by atoms with E-state index in [0.717, 1.165) is 5.56 Å². The average Bonchev–Trinajstić information content (AvgIpc) is 2.63. The van der Waals surface area contributed by atoms with E-state index in [1.54, 1.807) is 13.0 Å². The molecule has 0 fully saturated rings. The molecule has 0 radical (unpaired) electrons. The summed E-state index contributed by atoms with van der Waals surface area (Å²) >= 11 is 0. The molecule has 26 heavy (non-hydrogen) atoms. The molecule has 0 unspecified atom stereocenters. The van der Waals surface area contributed by atoms with Gasteiger partial charge >= 0.3 is 5.97 Å². The maximum absolute atomic E-state index is 12.2. The molecule has 0 heterocycles. The van der Waals surface area contributed by atoms with E-state index in [2.05, 4.69) is 5.32 Å². The van der Waals surface area contributed by atoms with Crippen molar-refractivity contribution in [2.75, 3.05) is 11.9 Å². The van der Waals surface area contributed by atoms with Crippen molar-refractivity contribution in [1.82, 2.24) is 0 Å². The lowest BCUT2D eigenvalue weighted by atomic mass is 9.97. The third-order valence-corrected chi connectivity index (χ3v) is 3.86. The van der Waals surface area contributed by atoms with Crippen LogP contribution < -0.4 is 5.32 Å². The minimum atomic E-state index is -0.631. The minimum Gasteiger partial charge on any atom is -0.455 e. The molecule has 0 aliphatic carbocycles. The van der Waals surface area contributed by atoms with Crippen LogP contribution in [0.15, 0.2) is 48.5 Å². The first kappa shape index (κ1) is 19.1. The number of benzene rings is 2. The second kappa shape index (κ2) is 8.75. The first-order valence-electron chi connectivity index (χ1n) is 8.18. The van der Waals surface area contributed by atoms with Gasteiger partial charge in [-0.2, -0.15) is 0 Å². The Labute approximate surface area is 151 Å². The molecule has 1 atom stereocenters. The number of esters is 1. The molecule has 7 heteroatoms. The topological polar surface area (TPSA) is 98.5 Å². The summed E-state index contributed by atoms with van der Waals surface area (Å²) < 4.78 is 5.09. The van der Waals surface area contributed by atoms with E-state index in [4.69, 9.17) is 4.74 Å². The van der Waals surface area contributed by atoms with Crippen LogP contribution >= 0.6 is 0 Å². The number of aryl methyl sites for hydroxylation is 1. The first-order chi connectivity index (χ1) is 12.4. The van der Waals surface area contributed by atoms with E-state index in [1.807, 2.05) is 37.3 Å². The van der Waals surface area contributed by atoms with Crippen molar-refractivity contribution in [3.05, 3.63) is 69.8 Å². The highest BCUT2D eigenvalue weighted by Crippen LogP contribution is 2.25. The van der Waals surface area contributed by atoms with Crippen molar-refractivity contribution in [3.8, 4) is 0 Å². The van der Waals surface area contributed by atoms with Crippen LogP contribution in [0.25, 0.3) is 0 Å². The van der Waals surface area contributed by atoms with Gasteiger partial charge in [0.05, 0.1) is 10.8 Å². The lowest BCUT2D eigenvalue weighted by Crippen LogP contribution is -2.24. The number of nitrogens with zero attached hydrogens (tertiary/aromatic N) is 1. The van der Waals surface area contributed by atoms with Gasteiger partial charge < -0.3 is 10.1 Å². The van der Waals surface area contributed by atoms with Crippen LogP contribution in [0, 0.1) is 17.0 Å². The highest BCUT2D eigenvalue weighted by atomic mass is 16.6. The predicted molar refractivity (Wildman–Crippen MR) is 96.9 cm³/mol. The van der Waals surface area contributed by atoms with Crippen molar-refractivity contribution in [2.24, 2.45) is 0 Å². The fraction of sp³-hybridized carbons (Fsp3) is 0.263. The smallest absolute Gasteiger partial charge is 0.313 e. The van der Waals surface area contributed by atoms with Gasteiger partial charge in [0.15, 0.2) is 6.61 Å². The Morgan fingerprint density at radius 1 is 1.19 bits per heavy atom. The summed E-state index contributed by atoms with van der Waals surface area (Å²) in [6, 6.07) is 13.6. The Bertz CT molecular complexity index is 805. The molecule has 0 spiro atoms. The van der Waals surface area contributed by atoms with Gasteiger partial charge in [0.2, 0.25) is 0 Å². The summed E-state index contributed by atoms with van der Waals surface area (Å²) in [5.74, 6) is -1.60. The SMILES string of the molecule is CC[C@@H](C(=O)OCC(=O)Nc1ccc(C)cc1[N+](=O)[O-])c1ccccc1. The zero-order valence-corrected chi connectivity index (χ0v) is 14.6. The largest absolute Gasteiger partial charge is 0.455 e. The number of carbonyl (C=O) groups excluding carboxylic acids is 2. The van der Waals surface area contributed by atoms with Crippen LogP contribution in [0.1, 0.15) is 30.4 Å². The van der Waals surface area contributed by atoms with Gasteiger partial charge in [-0.05, 0) is 30.5 Å². The molecule has 7 nitrogen and oxygen atoms in total. The van der Waals surface area contributed by atoms with Crippen LogP contribution in [-0.4, -0.2) is 23.4 Å². The highest BCUT2D eigenvalue weighted by Gasteiger charge is 2.22. The molecule has 0 saturated carbocycles. The monoisotopic (exact) mass is 356 g/mol. The molecule has 0 aliphatic heterocycles. The Morgan fingerprint density at radius 3 is 2.50 bits per heavy atom. The van der Waals surface area contributed by atoms with Crippen LogP contribution in [0.4, 0.5) is 11.4 Å². The van der Waals surface area contributed by atoms with Gasteiger partial charge in [0, 0.05) is 6.07 Å². The molecule has 2 rings (SSSR count). The number of rotatable bonds is 7. The number of amides is 1. The number of nitrogens with one attached hydrogen (secondary N) is 1. The van der Waals surface area contributed by atoms with E-state index in [1.165, 1.54) is 12.1 Å². The Kier molecular flexibility index (Phi) is 6.43. The Hall–Kier alpha value is -3.22. The number of hydrogen-bond acceptors (Lipinski definition) is 5. The van der Waals surface area contributed by atoms with Crippen molar-refractivity contribution in [3.63, 3.8) is 0 Å². The van der Waals surface area contributed by atoms with Crippen molar-refractivity contribution in [1.29, 1.82) is 0 Å². The van der Waals surface area contributed by atoms with Crippen molar-refractivity contribution in [2.45, 2.75) is 26.2 Å². The number of ether oxygens (including phenoxy) is 1. The number of hydrogen-bond donors (Lipinski definition) is 1. The quantitative estimate of drug-likeness (QED) is 0.464. The third kappa shape index (κ3) is 4.89. The van der Waals surface area contributed by atoms with Gasteiger partial charge in [0.25, 0.3) is 11.6 Å². The van der Waals surface area contributed by atoms with Gasteiger partial charge in [0.1, 0.15) is 5.69 Å². The van der Waals surface area contributed by atoms with Gasteiger partial charge in [-0.15, -0.1) is 0 Å². The molecule has 2 aromatic carbocycles. The predicted octanol–water partition coefficient (Wildman–Crippen LogP) is 3.58. The molecule has 2 aromatic rings. The molecular weight excluding hydrogens is 336 g/mol. The van der Waals surface area contributed by atoms with Crippen LogP contribution in [0.3, 0.4) is 0 Å². The third-order valence-electron chi connectivity index (χ3n) is 3.86. The van der Waals surface area contributed by atoms with E-state index in [9.17, 15) is 19.7 Å². The highest BCUT2D eigenvalue weighted by molar-refractivity contribution is 5.95. The van der Waals surface area contributed by atoms with E-state index < -0.39 is 29.3 Å². The van der Waals surface area contributed by atoms with Crippen molar-refractivity contribution < 1.29 is 19.2 Å². The second-order valence-electron chi connectivity index (χ2n) is 5.81. The molecule has 136 valence electrons. The van der Waals surface area contributed by atoms with Crippen LogP contribution in [-0.2, 0) is 14.3 Å². The van der Waals surface area contributed by atoms with E-state index in [0.29, 0.717) is 12.0 Å². The summed E-state index contributed by atoms with van der Waals surface area (Å²) in [6.07, 6.45) is 0.536. The number of carbonyl (C=O) groups is 2. The molecule has 1 N–H and O–H groups in total. The summed E-state index contributed by atoms with van der Waals surface area (Å²) in [7, 11) is 0. The maximum atomic E-state index is 12.2. The molecule has 0 saturated heterocycles. The lowest BCUT2D eigenvalue weighted by Gasteiger charge is -2.14. The first-order valence-corrected chi connectivity index (χ1v) is 8.18. The van der Waals surface area contributed by atoms with Crippen LogP contribution in [0.5, 0.6) is 0 Å². The zero-order chi connectivity index (χ0) is 19.1. The van der Waals surface area contributed by atoms with E-state index >= 15 is 0 Å². The van der Waals surface area contributed by atoms with Gasteiger partial charge in [-0.3, -0.25) is 19.7 Å². The molecule has 0 aliphatic rings. The maximum Gasteiger partial charge on any atom is 0.313 e. The van der Waals surface area contributed by atoms with Gasteiger partial charge in [-0.1, -0.05) is 43.3 Å². The van der Waals surface area contributed by atoms with E-state index in [-0.39, 0.29) is 11.4 Å². The number of anilines is 1. The standard InChI is InChI=1S/C19H20N2O5/c1-3-15(14-7-5-4-6-8-14)19(23)26-12-18(22)20-16-10-9-13(2)11-17(16)21(24)25/h4-11,15H,3,12H2,1-2H3,(H,20,22)/t15-/m1/s1. The number of nitro benzene ring substituents is 1. The number of nitro groups is 1. The molecule has 1 amide bonds.